The van der Waals surface area contributed by atoms with Gasteiger partial charge in [0.05, 0.1) is 28.1 Å². The Morgan fingerprint density at radius 2 is 2.05 bits per heavy atom. The monoisotopic (exact) mass is 343 g/mol. The SMILES string of the molecule is CCc1nn(CC)c(CNc2cccc(F)c2F)c1Br. The summed E-state index contributed by atoms with van der Waals surface area (Å²) in [5.74, 6) is -1.71. The van der Waals surface area contributed by atoms with Gasteiger partial charge in [0.1, 0.15) is 0 Å². The minimum Gasteiger partial charge on any atom is -0.377 e. The molecule has 108 valence electrons. The summed E-state index contributed by atoms with van der Waals surface area (Å²) in [6.07, 6.45) is 0.814. The molecule has 2 rings (SSSR count). The van der Waals surface area contributed by atoms with Crippen LogP contribution in [0.3, 0.4) is 0 Å². The molecule has 0 saturated carbocycles. The lowest BCUT2D eigenvalue weighted by Gasteiger charge is -2.10. The molecule has 0 aliphatic carbocycles. The van der Waals surface area contributed by atoms with Crippen molar-refractivity contribution >= 4 is 21.6 Å². The second-order valence-corrected chi connectivity index (χ2v) is 5.12. The maximum Gasteiger partial charge on any atom is 0.181 e. The van der Waals surface area contributed by atoms with Crippen molar-refractivity contribution in [3.05, 3.63) is 45.7 Å². The summed E-state index contributed by atoms with van der Waals surface area (Å²) in [5, 5.41) is 7.38. The first-order valence-electron chi connectivity index (χ1n) is 6.50. The highest BCUT2D eigenvalue weighted by molar-refractivity contribution is 9.10. The van der Waals surface area contributed by atoms with Gasteiger partial charge in [-0.05, 0) is 41.4 Å². The highest BCUT2D eigenvalue weighted by Gasteiger charge is 2.14. The number of nitrogens with zero attached hydrogens (tertiary/aromatic N) is 2. The number of nitrogens with one attached hydrogen (secondary N) is 1. The van der Waals surface area contributed by atoms with Gasteiger partial charge in [0.2, 0.25) is 0 Å². The molecule has 1 aromatic carbocycles. The van der Waals surface area contributed by atoms with Crippen LogP contribution in [0.1, 0.15) is 25.2 Å². The molecule has 0 spiro atoms. The first-order valence-corrected chi connectivity index (χ1v) is 7.29. The van der Waals surface area contributed by atoms with E-state index in [1.165, 1.54) is 12.1 Å². The molecule has 0 atom stereocenters. The van der Waals surface area contributed by atoms with E-state index in [9.17, 15) is 8.78 Å². The minimum atomic E-state index is -0.859. The van der Waals surface area contributed by atoms with Crippen LogP contribution >= 0.6 is 15.9 Å². The molecule has 6 heteroatoms. The number of hydrogen-bond acceptors (Lipinski definition) is 2. The van der Waals surface area contributed by atoms with E-state index in [4.69, 9.17) is 0 Å². The molecule has 2 aromatic rings. The van der Waals surface area contributed by atoms with E-state index in [0.29, 0.717) is 6.54 Å². The largest absolute Gasteiger partial charge is 0.377 e. The molecule has 0 aliphatic rings. The van der Waals surface area contributed by atoms with Gasteiger partial charge in [-0.15, -0.1) is 0 Å². The number of aromatic nitrogens is 2. The summed E-state index contributed by atoms with van der Waals surface area (Å²) in [6.45, 7) is 5.12. The molecular weight excluding hydrogens is 328 g/mol. The van der Waals surface area contributed by atoms with Crippen molar-refractivity contribution in [2.45, 2.75) is 33.4 Å². The van der Waals surface area contributed by atoms with Crippen LogP contribution in [0.25, 0.3) is 0 Å². The Kier molecular flexibility index (Phi) is 4.75. The molecule has 1 N–H and O–H groups in total. The van der Waals surface area contributed by atoms with Gasteiger partial charge in [0.25, 0.3) is 0 Å². The van der Waals surface area contributed by atoms with Crippen molar-refractivity contribution in [1.82, 2.24) is 9.78 Å². The van der Waals surface area contributed by atoms with Crippen molar-refractivity contribution in [3.8, 4) is 0 Å². The summed E-state index contributed by atoms with van der Waals surface area (Å²) in [6, 6.07) is 4.09. The molecule has 0 radical (unpaired) electrons. The maximum absolute atomic E-state index is 13.6. The van der Waals surface area contributed by atoms with Crippen molar-refractivity contribution in [2.24, 2.45) is 0 Å². The normalized spacial score (nSPS) is 10.8. The zero-order valence-corrected chi connectivity index (χ0v) is 13.0. The Morgan fingerprint density at radius 1 is 1.30 bits per heavy atom. The third-order valence-electron chi connectivity index (χ3n) is 3.09. The number of benzene rings is 1. The maximum atomic E-state index is 13.6. The fourth-order valence-corrected chi connectivity index (χ4v) is 2.71. The van der Waals surface area contributed by atoms with Crippen LogP contribution in [0.4, 0.5) is 14.5 Å². The van der Waals surface area contributed by atoms with Crippen molar-refractivity contribution < 1.29 is 8.78 Å². The van der Waals surface area contributed by atoms with Gasteiger partial charge < -0.3 is 5.32 Å². The molecule has 0 unspecified atom stereocenters. The van der Waals surface area contributed by atoms with E-state index in [2.05, 4.69) is 26.3 Å². The summed E-state index contributed by atoms with van der Waals surface area (Å²) in [7, 11) is 0. The van der Waals surface area contributed by atoms with E-state index in [-0.39, 0.29) is 5.69 Å². The highest BCUT2D eigenvalue weighted by atomic mass is 79.9. The molecule has 0 aliphatic heterocycles. The van der Waals surface area contributed by atoms with Gasteiger partial charge in [0.15, 0.2) is 11.6 Å². The quantitative estimate of drug-likeness (QED) is 0.884. The van der Waals surface area contributed by atoms with Gasteiger partial charge in [-0.25, -0.2) is 8.78 Å². The highest BCUT2D eigenvalue weighted by Crippen LogP contribution is 2.24. The number of halogens is 3. The van der Waals surface area contributed by atoms with Gasteiger partial charge in [-0.3, -0.25) is 4.68 Å². The molecule has 0 bridgehead atoms. The number of rotatable bonds is 5. The summed E-state index contributed by atoms with van der Waals surface area (Å²) in [5.41, 5.74) is 2.04. The van der Waals surface area contributed by atoms with E-state index >= 15 is 0 Å². The van der Waals surface area contributed by atoms with Crippen LogP contribution in [0, 0.1) is 11.6 Å². The molecule has 0 amide bonds. The van der Waals surface area contributed by atoms with Gasteiger partial charge in [-0.2, -0.15) is 5.10 Å². The zero-order chi connectivity index (χ0) is 14.7. The summed E-state index contributed by atoms with van der Waals surface area (Å²) < 4.78 is 29.5. The number of aryl methyl sites for hydroxylation is 2. The number of hydrogen-bond donors (Lipinski definition) is 1. The van der Waals surface area contributed by atoms with Crippen LogP contribution < -0.4 is 5.32 Å². The van der Waals surface area contributed by atoms with Crippen molar-refractivity contribution in [3.63, 3.8) is 0 Å². The van der Waals surface area contributed by atoms with E-state index in [1.807, 2.05) is 18.5 Å². The molecule has 20 heavy (non-hydrogen) atoms. The van der Waals surface area contributed by atoms with E-state index in [0.717, 1.165) is 34.9 Å². The van der Waals surface area contributed by atoms with Crippen molar-refractivity contribution in [1.29, 1.82) is 0 Å². The van der Waals surface area contributed by atoms with Crippen LogP contribution in [0.5, 0.6) is 0 Å². The molecule has 3 nitrogen and oxygen atoms in total. The topological polar surface area (TPSA) is 29.9 Å². The van der Waals surface area contributed by atoms with Crippen LogP contribution in [0.2, 0.25) is 0 Å². The summed E-state index contributed by atoms with van der Waals surface area (Å²) in [4.78, 5) is 0. The lowest BCUT2D eigenvalue weighted by Crippen LogP contribution is -2.09. The number of anilines is 1. The minimum absolute atomic E-state index is 0.152. The van der Waals surface area contributed by atoms with Gasteiger partial charge in [0, 0.05) is 6.54 Å². The van der Waals surface area contributed by atoms with Gasteiger partial charge in [-0.1, -0.05) is 13.0 Å². The first kappa shape index (κ1) is 15.0. The van der Waals surface area contributed by atoms with Crippen LogP contribution in [0.15, 0.2) is 22.7 Å². The summed E-state index contributed by atoms with van der Waals surface area (Å²) >= 11 is 3.52. The average Bonchev–Trinajstić information content (AvgIpc) is 2.76. The molecule has 0 fully saturated rings. The Balaban J connectivity index is 2.22. The lowest BCUT2D eigenvalue weighted by atomic mass is 10.2. The Bertz CT molecular complexity index is 611. The fraction of sp³-hybridized carbons (Fsp3) is 0.357. The van der Waals surface area contributed by atoms with Crippen LogP contribution in [-0.2, 0) is 19.5 Å². The third-order valence-corrected chi connectivity index (χ3v) is 4.01. The Hall–Kier alpha value is -1.43. The third kappa shape index (κ3) is 2.85. The first-order chi connectivity index (χ1) is 9.58. The Labute approximate surface area is 125 Å². The predicted molar refractivity (Wildman–Crippen MR) is 78.7 cm³/mol. The lowest BCUT2D eigenvalue weighted by molar-refractivity contribution is 0.510. The zero-order valence-electron chi connectivity index (χ0n) is 11.4. The fourth-order valence-electron chi connectivity index (χ4n) is 2.01. The average molecular weight is 344 g/mol. The molecule has 1 aromatic heterocycles. The smallest absolute Gasteiger partial charge is 0.181 e. The van der Waals surface area contributed by atoms with Crippen LogP contribution in [-0.4, -0.2) is 9.78 Å². The predicted octanol–water partition coefficient (Wildman–Crippen LogP) is 4.12. The second-order valence-electron chi connectivity index (χ2n) is 4.33. The van der Waals surface area contributed by atoms with E-state index in [1.54, 1.807) is 0 Å². The van der Waals surface area contributed by atoms with Crippen molar-refractivity contribution in [2.75, 3.05) is 5.32 Å². The second kappa shape index (κ2) is 6.35. The Morgan fingerprint density at radius 3 is 2.70 bits per heavy atom. The molecular formula is C14H16BrF2N3. The molecule has 0 saturated heterocycles. The van der Waals surface area contributed by atoms with Gasteiger partial charge >= 0.3 is 0 Å². The standard InChI is InChI=1S/C14H16BrF2N3/c1-3-10-13(15)12(20(4-2)19-10)8-18-11-7-5-6-9(16)14(11)17/h5-7,18H,3-4,8H2,1-2H3. The van der Waals surface area contributed by atoms with E-state index < -0.39 is 11.6 Å². The molecule has 1 heterocycles.